The Morgan fingerprint density at radius 3 is 2.38 bits per heavy atom. The predicted molar refractivity (Wildman–Crippen MR) is 99.2 cm³/mol. The van der Waals surface area contributed by atoms with Gasteiger partial charge in [-0.1, -0.05) is 11.6 Å². The zero-order chi connectivity index (χ0) is 19.6. The fourth-order valence-electron chi connectivity index (χ4n) is 2.88. The summed E-state index contributed by atoms with van der Waals surface area (Å²) >= 11 is 5.89. The molecule has 1 atom stereocenters. The van der Waals surface area contributed by atoms with Crippen LogP contribution in [0, 0.1) is 19.7 Å². The van der Waals surface area contributed by atoms with E-state index in [0.717, 1.165) is 17.5 Å². The second-order valence-corrected chi connectivity index (χ2v) is 6.82. The standard InChI is InChI=1S/C19H22ClFN2O3/c1-10(2)23-11(3)8-15(12(23)4)19(25)26-13(5)18(24)22-17-7-6-14(21)9-16(17)20/h6-10,13H,1-5H3,(H,22,24). The van der Waals surface area contributed by atoms with Crippen LogP contribution in [0.25, 0.3) is 0 Å². The number of nitrogens with one attached hydrogen (secondary N) is 1. The molecule has 2 rings (SSSR count). The third kappa shape index (κ3) is 4.25. The molecule has 0 spiro atoms. The first-order valence-corrected chi connectivity index (χ1v) is 8.65. The molecule has 0 saturated carbocycles. The number of hydrogen-bond acceptors (Lipinski definition) is 3. The Hall–Kier alpha value is -2.34. The SMILES string of the molecule is Cc1cc(C(=O)OC(C)C(=O)Nc2ccc(F)cc2Cl)c(C)n1C(C)C. The number of esters is 1. The van der Waals surface area contributed by atoms with Crippen LogP contribution in [0.15, 0.2) is 24.3 Å². The van der Waals surface area contributed by atoms with Crippen LogP contribution in [-0.2, 0) is 9.53 Å². The monoisotopic (exact) mass is 380 g/mol. The van der Waals surface area contributed by atoms with Crippen molar-refractivity contribution in [3.8, 4) is 0 Å². The zero-order valence-corrected chi connectivity index (χ0v) is 16.1. The summed E-state index contributed by atoms with van der Waals surface area (Å²) in [6.07, 6.45) is -1.04. The maximum atomic E-state index is 13.1. The van der Waals surface area contributed by atoms with Crippen LogP contribution in [0.2, 0.25) is 5.02 Å². The van der Waals surface area contributed by atoms with Gasteiger partial charge in [0.2, 0.25) is 0 Å². The Labute approximate surface area is 157 Å². The van der Waals surface area contributed by atoms with Crippen molar-refractivity contribution < 1.29 is 18.7 Å². The highest BCUT2D eigenvalue weighted by Gasteiger charge is 2.23. The minimum Gasteiger partial charge on any atom is -0.449 e. The third-order valence-corrected chi connectivity index (χ3v) is 4.38. The summed E-state index contributed by atoms with van der Waals surface area (Å²) in [7, 11) is 0. The molecule has 26 heavy (non-hydrogen) atoms. The fourth-order valence-corrected chi connectivity index (χ4v) is 3.10. The van der Waals surface area contributed by atoms with E-state index in [1.165, 1.54) is 19.1 Å². The first-order valence-electron chi connectivity index (χ1n) is 8.27. The molecule has 1 N–H and O–H groups in total. The number of amides is 1. The zero-order valence-electron chi connectivity index (χ0n) is 15.4. The van der Waals surface area contributed by atoms with Crippen LogP contribution in [0.4, 0.5) is 10.1 Å². The van der Waals surface area contributed by atoms with Crippen molar-refractivity contribution in [2.75, 3.05) is 5.32 Å². The van der Waals surface area contributed by atoms with Gasteiger partial charge in [0.25, 0.3) is 5.91 Å². The molecule has 7 heteroatoms. The quantitative estimate of drug-likeness (QED) is 0.767. The first-order chi connectivity index (χ1) is 12.1. The van der Waals surface area contributed by atoms with E-state index in [2.05, 4.69) is 5.32 Å². The number of aryl methyl sites for hydroxylation is 1. The van der Waals surface area contributed by atoms with Crippen molar-refractivity contribution >= 4 is 29.2 Å². The van der Waals surface area contributed by atoms with Crippen LogP contribution < -0.4 is 5.32 Å². The summed E-state index contributed by atoms with van der Waals surface area (Å²) in [6, 6.07) is 5.57. The average Bonchev–Trinajstić information content (AvgIpc) is 2.84. The Morgan fingerprint density at radius 1 is 1.19 bits per heavy atom. The van der Waals surface area contributed by atoms with Crippen molar-refractivity contribution in [3.63, 3.8) is 0 Å². The van der Waals surface area contributed by atoms with E-state index >= 15 is 0 Å². The van der Waals surface area contributed by atoms with Crippen molar-refractivity contribution in [2.24, 2.45) is 0 Å². The van der Waals surface area contributed by atoms with Gasteiger partial charge in [-0.3, -0.25) is 4.79 Å². The van der Waals surface area contributed by atoms with E-state index in [1.54, 1.807) is 6.07 Å². The third-order valence-electron chi connectivity index (χ3n) is 4.06. The van der Waals surface area contributed by atoms with Crippen molar-refractivity contribution in [1.82, 2.24) is 4.57 Å². The van der Waals surface area contributed by atoms with Gasteiger partial charge in [-0.15, -0.1) is 0 Å². The van der Waals surface area contributed by atoms with Crippen LogP contribution in [-0.4, -0.2) is 22.5 Å². The van der Waals surface area contributed by atoms with Gasteiger partial charge < -0.3 is 14.6 Å². The second kappa shape index (κ2) is 7.91. The highest BCUT2D eigenvalue weighted by Crippen LogP contribution is 2.24. The molecule has 0 bridgehead atoms. The Bertz CT molecular complexity index is 846. The number of carbonyl (C=O) groups is 2. The van der Waals surface area contributed by atoms with E-state index < -0.39 is 23.8 Å². The molecule has 1 unspecified atom stereocenters. The lowest BCUT2D eigenvalue weighted by molar-refractivity contribution is -0.123. The molecule has 1 amide bonds. The van der Waals surface area contributed by atoms with Crippen molar-refractivity contribution in [2.45, 2.75) is 46.8 Å². The van der Waals surface area contributed by atoms with Crippen molar-refractivity contribution in [3.05, 3.63) is 52.1 Å². The lowest BCUT2D eigenvalue weighted by Gasteiger charge is -2.15. The molecule has 140 valence electrons. The van der Waals surface area contributed by atoms with Gasteiger partial charge in [-0.2, -0.15) is 0 Å². The Balaban J connectivity index is 2.09. The normalized spacial score (nSPS) is 12.2. The molecule has 1 aromatic heterocycles. The number of rotatable bonds is 5. The molecule has 2 aromatic rings. The summed E-state index contributed by atoms with van der Waals surface area (Å²) in [6.45, 7) is 9.27. The number of carbonyl (C=O) groups excluding carboxylic acids is 2. The molecule has 1 aromatic carbocycles. The van der Waals surface area contributed by atoms with Gasteiger partial charge in [-0.05, 0) is 58.9 Å². The number of nitrogens with zero attached hydrogens (tertiary/aromatic N) is 1. The minimum atomic E-state index is -1.04. The van der Waals surface area contributed by atoms with E-state index in [0.29, 0.717) is 5.56 Å². The predicted octanol–water partition coefficient (Wildman–Crippen LogP) is 4.66. The molecule has 0 aliphatic rings. The Morgan fingerprint density at radius 2 is 1.85 bits per heavy atom. The summed E-state index contributed by atoms with van der Waals surface area (Å²) in [5, 5.41) is 2.59. The lowest BCUT2D eigenvalue weighted by atomic mass is 10.2. The summed E-state index contributed by atoms with van der Waals surface area (Å²) in [5.74, 6) is -1.63. The van der Waals surface area contributed by atoms with Gasteiger partial charge in [-0.25, -0.2) is 9.18 Å². The summed E-state index contributed by atoms with van der Waals surface area (Å²) in [5.41, 5.74) is 2.41. The molecular weight excluding hydrogens is 359 g/mol. The van der Waals surface area contributed by atoms with Crippen LogP contribution >= 0.6 is 11.6 Å². The molecule has 0 aliphatic carbocycles. The largest absolute Gasteiger partial charge is 0.449 e. The van der Waals surface area contributed by atoms with Crippen LogP contribution in [0.1, 0.15) is 48.6 Å². The topological polar surface area (TPSA) is 60.3 Å². The number of anilines is 1. The molecule has 0 radical (unpaired) electrons. The van der Waals surface area contributed by atoms with Gasteiger partial charge >= 0.3 is 5.97 Å². The fraction of sp³-hybridized carbons (Fsp3) is 0.368. The van der Waals surface area contributed by atoms with Crippen LogP contribution in [0.3, 0.4) is 0 Å². The highest BCUT2D eigenvalue weighted by molar-refractivity contribution is 6.33. The molecule has 0 fully saturated rings. The molecule has 0 aliphatic heterocycles. The lowest BCUT2D eigenvalue weighted by Crippen LogP contribution is -2.30. The number of hydrogen-bond donors (Lipinski definition) is 1. The Kier molecular flexibility index (Phi) is 6.08. The van der Waals surface area contributed by atoms with Gasteiger partial charge in [0.15, 0.2) is 6.10 Å². The number of ether oxygens (including phenoxy) is 1. The van der Waals surface area contributed by atoms with Crippen molar-refractivity contribution in [1.29, 1.82) is 0 Å². The van der Waals surface area contributed by atoms with E-state index in [4.69, 9.17) is 16.3 Å². The number of benzene rings is 1. The number of halogens is 2. The smallest absolute Gasteiger partial charge is 0.340 e. The minimum absolute atomic E-state index is 0.0670. The maximum Gasteiger partial charge on any atom is 0.340 e. The van der Waals surface area contributed by atoms with E-state index in [1.807, 2.05) is 32.3 Å². The second-order valence-electron chi connectivity index (χ2n) is 6.41. The van der Waals surface area contributed by atoms with Gasteiger partial charge in [0.1, 0.15) is 5.82 Å². The first kappa shape index (κ1) is 20.0. The van der Waals surface area contributed by atoms with Gasteiger partial charge in [0, 0.05) is 17.4 Å². The van der Waals surface area contributed by atoms with E-state index in [9.17, 15) is 14.0 Å². The number of aromatic nitrogens is 1. The molecule has 5 nitrogen and oxygen atoms in total. The van der Waals surface area contributed by atoms with Gasteiger partial charge in [0.05, 0.1) is 16.3 Å². The van der Waals surface area contributed by atoms with E-state index in [-0.39, 0.29) is 16.8 Å². The summed E-state index contributed by atoms with van der Waals surface area (Å²) < 4.78 is 20.4. The maximum absolute atomic E-state index is 13.1. The molecule has 0 saturated heterocycles. The molecular formula is C19H22ClFN2O3. The highest BCUT2D eigenvalue weighted by atomic mass is 35.5. The van der Waals surface area contributed by atoms with Crippen LogP contribution in [0.5, 0.6) is 0 Å². The summed E-state index contributed by atoms with van der Waals surface area (Å²) in [4.78, 5) is 24.7. The molecule has 1 heterocycles. The average molecular weight is 381 g/mol.